The maximum absolute atomic E-state index is 5.55. The van der Waals surface area contributed by atoms with E-state index in [1.54, 1.807) is 14.2 Å². The van der Waals surface area contributed by atoms with Crippen LogP contribution in [0.2, 0.25) is 0 Å². The first-order valence-corrected chi connectivity index (χ1v) is 8.04. The molecule has 2 atom stereocenters. The first kappa shape index (κ1) is 15.5. The Morgan fingerprint density at radius 2 is 1.95 bits per heavy atom. The van der Waals surface area contributed by atoms with Crippen LogP contribution in [0.25, 0.3) is 0 Å². The minimum Gasteiger partial charge on any atom is -0.496 e. The summed E-state index contributed by atoms with van der Waals surface area (Å²) in [6.45, 7) is 1.12. The second-order valence-corrected chi connectivity index (χ2v) is 6.12. The summed E-state index contributed by atoms with van der Waals surface area (Å²) < 4.78 is 11.1. The first-order chi connectivity index (χ1) is 9.72. The zero-order valence-corrected chi connectivity index (χ0v) is 13.5. The van der Waals surface area contributed by atoms with E-state index in [0.29, 0.717) is 6.04 Å². The highest BCUT2D eigenvalue weighted by Gasteiger charge is 2.32. The van der Waals surface area contributed by atoms with E-state index in [4.69, 9.17) is 9.47 Å². The van der Waals surface area contributed by atoms with Gasteiger partial charge in [-0.15, -0.1) is 0 Å². The Morgan fingerprint density at radius 3 is 2.45 bits per heavy atom. The van der Waals surface area contributed by atoms with Crippen molar-refractivity contribution in [3.8, 4) is 11.5 Å². The van der Waals surface area contributed by atoms with Crippen molar-refractivity contribution in [2.75, 3.05) is 46.4 Å². The molecule has 0 saturated carbocycles. The van der Waals surface area contributed by atoms with Crippen LogP contribution in [-0.4, -0.2) is 57.3 Å². The summed E-state index contributed by atoms with van der Waals surface area (Å²) in [5, 5.41) is 3.45. The van der Waals surface area contributed by atoms with Gasteiger partial charge in [-0.25, -0.2) is 0 Å². The number of ether oxygens (including phenoxy) is 2. The molecule has 1 N–H and O–H groups in total. The predicted octanol–water partition coefficient (Wildman–Crippen LogP) is 2.01. The van der Waals surface area contributed by atoms with Crippen molar-refractivity contribution in [2.24, 2.45) is 0 Å². The molecule has 0 aliphatic carbocycles. The minimum absolute atomic E-state index is 0.193. The van der Waals surface area contributed by atoms with Gasteiger partial charge in [0.05, 0.1) is 25.8 Å². The Kier molecular flexibility index (Phi) is 5.57. The van der Waals surface area contributed by atoms with E-state index in [2.05, 4.69) is 17.3 Å². The van der Waals surface area contributed by atoms with Gasteiger partial charge in [0.25, 0.3) is 0 Å². The van der Waals surface area contributed by atoms with E-state index < -0.39 is 0 Å². The van der Waals surface area contributed by atoms with Gasteiger partial charge < -0.3 is 14.8 Å². The molecule has 0 amide bonds. The summed E-state index contributed by atoms with van der Waals surface area (Å²) in [4.78, 5) is 2.42. The van der Waals surface area contributed by atoms with Gasteiger partial charge in [0, 0.05) is 24.1 Å². The molecule has 1 aromatic rings. The van der Waals surface area contributed by atoms with Crippen molar-refractivity contribution in [1.82, 2.24) is 10.2 Å². The molecule has 112 valence electrons. The van der Waals surface area contributed by atoms with Crippen LogP contribution in [0.15, 0.2) is 18.2 Å². The molecule has 1 heterocycles. The summed E-state index contributed by atoms with van der Waals surface area (Å²) in [5.41, 5.74) is 1.11. The van der Waals surface area contributed by atoms with Gasteiger partial charge in [-0.1, -0.05) is 6.07 Å². The predicted molar refractivity (Wildman–Crippen MR) is 85.1 cm³/mol. The number of thioether (sulfide) groups is 1. The molecule has 0 spiro atoms. The van der Waals surface area contributed by atoms with E-state index in [1.807, 2.05) is 37.0 Å². The molecule has 1 saturated heterocycles. The Bertz CT molecular complexity index is 420. The fourth-order valence-electron chi connectivity index (χ4n) is 2.77. The lowest BCUT2D eigenvalue weighted by atomic mass is 9.97. The molecule has 0 bridgehead atoms. The van der Waals surface area contributed by atoms with Gasteiger partial charge in [-0.3, -0.25) is 4.90 Å². The number of hydrogen-bond donors (Lipinski definition) is 1. The minimum atomic E-state index is 0.193. The molecular weight excluding hydrogens is 272 g/mol. The van der Waals surface area contributed by atoms with E-state index >= 15 is 0 Å². The van der Waals surface area contributed by atoms with Crippen molar-refractivity contribution in [1.29, 1.82) is 0 Å². The quantitative estimate of drug-likeness (QED) is 0.899. The number of nitrogens with one attached hydrogen (secondary N) is 1. The van der Waals surface area contributed by atoms with Gasteiger partial charge in [0.15, 0.2) is 0 Å². The molecule has 0 aromatic heterocycles. The van der Waals surface area contributed by atoms with Gasteiger partial charge in [0.2, 0.25) is 0 Å². The highest BCUT2D eigenvalue weighted by Crippen LogP contribution is 2.38. The fraction of sp³-hybridized carbons (Fsp3) is 0.600. The number of methoxy groups -OCH3 is 2. The monoisotopic (exact) mass is 296 g/mol. The Hall–Kier alpha value is -0.910. The SMILES string of the molecule is CNC(c1c(OC)cccc1OC)C1CSCCN1C. The topological polar surface area (TPSA) is 33.7 Å². The van der Waals surface area contributed by atoms with Crippen LogP contribution in [-0.2, 0) is 0 Å². The van der Waals surface area contributed by atoms with E-state index in [-0.39, 0.29) is 6.04 Å². The number of hydrogen-bond acceptors (Lipinski definition) is 5. The number of likely N-dealkylation sites (N-methyl/N-ethyl adjacent to an activating group) is 2. The molecule has 2 rings (SSSR count). The maximum atomic E-state index is 5.55. The second-order valence-electron chi connectivity index (χ2n) is 4.97. The summed E-state index contributed by atoms with van der Waals surface area (Å²) >= 11 is 2.01. The summed E-state index contributed by atoms with van der Waals surface area (Å²) in [6, 6.07) is 6.59. The van der Waals surface area contributed by atoms with E-state index in [0.717, 1.165) is 29.4 Å². The van der Waals surface area contributed by atoms with Crippen molar-refractivity contribution in [3.05, 3.63) is 23.8 Å². The Labute approximate surface area is 125 Å². The normalized spacial score (nSPS) is 21.5. The van der Waals surface area contributed by atoms with Gasteiger partial charge in [-0.05, 0) is 26.2 Å². The molecule has 0 radical (unpaired) electrons. The summed E-state index contributed by atoms with van der Waals surface area (Å²) in [7, 11) is 7.62. The molecular formula is C15H24N2O2S. The highest BCUT2D eigenvalue weighted by molar-refractivity contribution is 7.99. The molecule has 5 heteroatoms. The van der Waals surface area contributed by atoms with E-state index in [1.165, 1.54) is 5.75 Å². The zero-order valence-electron chi connectivity index (χ0n) is 12.7. The van der Waals surface area contributed by atoms with Crippen molar-refractivity contribution in [3.63, 3.8) is 0 Å². The number of nitrogens with zero attached hydrogens (tertiary/aromatic N) is 1. The maximum Gasteiger partial charge on any atom is 0.127 e. The molecule has 20 heavy (non-hydrogen) atoms. The largest absolute Gasteiger partial charge is 0.496 e. The van der Waals surface area contributed by atoms with Crippen molar-refractivity contribution < 1.29 is 9.47 Å². The fourth-order valence-corrected chi connectivity index (χ4v) is 4.04. The van der Waals surface area contributed by atoms with Gasteiger partial charge in [0.1, 0.15) is 11.5 Å². The zero-order chi connectivity index (χ0) is 14.5. The highest BCUT2D eigenvalue weighted by atomic mass is 32.2. The lowest BCUT2D eigenvalue weighted by Crippen LogP contribution is -2.47. The first-order valence-electron chi connectivity index (χ1n) is 6.89. The van der Waals surface area contributed by atoms with Crippen LogP contribution >= 0.6 is 11.8 Å². The molecule has 1 aliphatic heterocycles. The smallest absolute Gasteiger partial charge is 0.127 e. The van der Waals surface area contributed by atoms with Crippen LogP contribution in [0.1, 0.15) is 11.6 Å². The van der Waals surface area contributed by atoms with Crippen LogP contribution < -0.4 is 14.8 Å². The summed E-state index contributed by atoms with van der Waals surface area (Å²) in [5.74, 6) is 4.08. The molecule has 1 aliphatic rings. The van der Waals surface area contributed by atoms with Gasteiger partial charge in [-0.2, -0.15) is 11.8 Å². The van der Waals surface area contributed by atoms with Gasteiger partial charge >= 0.3 is 0 Å². The third-order valence-electron chi connectivity index (χ3n) is 3.92. The van der Waals surface area contributed by atoms with Crippen LogP contribution in [0.3, 0.4) is 0 Å². The average Bonchev–Trinajstić information content (AvgIpc) is 2.49. The Balaban J connectivity index is 2.39. The number of benzene rings is 1. The van der Waals surface area contributed by atoms with Crippen molar-refractivity contribution in [2.45, 2.75) is 12.1 Å². The lowest BCUT2D eigenvalue weighted by Gasteiger charge is -2.38. The molecule has 1 fully saturated rings. The van der Waals surface area contributed by atoms with Crippen LogP contribution in [0, 0.1) is 0 Å². The molecule has 2 unspecified atom stereocenters. The summed E-state index contributed by atoms with van der Waals surface area (Å²) in [6.07, 6.45) is 0. The number of rotatable bonds is 5. The Morgan fingerprint density at radius 1 is 1.30 bits per heavy atom. The van der Waals surface area contributed by atoms with Crippen molar-refractivity contribution >= 4 is 11.8 Å². The second kappa shape index (κ2) is 7.20. The molecule has 4 nitrogen and oxygen atoms in total. The third-order valence-corrected chi connectivity index (χ3v) is 4.96. The van der Waals surface area contributed by atoms with Crippen LogP contribution in [0.5, 0.6) is 11.5 Å². The van der Waals surface area contributed by atoms with E-state index in [9.17, 15) is 0 Å². The lowest BCUT2D eigenvalue weighted by molar-refractivity contribution is 0.215. The third kappa shape index (κ3) is 3.05. The standard InChI is InChI=1S/C15H24N2O2S/c1-16-15(11-10-20-9-8-17(11)2)14-12(18-3)6-5-7-13(14)19-4/h5-7,11,15-16H,8-10H2,1-4H3. The molecule has 1 aromatic carbocycles. The van der Waals surface area contributed by atoms with Crippen LogP contribution in [0.4, 0.5) is 0 Å². The average molecular weight is 296 g/mol.